The molecular formula is C12H20N4O6. The Morgan fingerprint density at radius 3 is 2.27 bits per heavy atom. The van der Waals surface area contributed by atoms with Gasteiger partial charge in [0.05, 0.1) is 45.1 Å². The predicted molar refractivity (Wildman–Crippen MR) is 75.5 cm³/mol. The van der Waals surface area contributed by atoms with Gasteiger partial charge in [0.1, 0.15) is 5.70 Å². The van der Waals surface area contributed by atoms with E-state index in [2.05, 4.69) is 10.3 Å². The molecule has 124 valence electrons. The van der Waals surface area contributed by atoms with Crippen molar-refractivity contribution in [2.24, 2.45) is 10.7 Å². The molecular weight excluding hydrogens is 296 g/mol. The minimum atomic E-state index is -0.946. The van der Waals surface area contributed by atoms with Crippen molar-refractivity contribution in [1.29, 1.82) is 0 Å². The molecule has 0 spiro atoms. The van der Waals surface area contributed by atoms with E-state index < -0.39 is 50.3 Å². The maximum absolute atomic E-state index is 12.1. The summed E-state index contributed by atoms with van der Waals surface area (Å²) >= 11 is 0. The number of aliphatic hydroxyl groups is 4. The van der Waals surface area contributed by atoms with Gasteiger partial charge in [0.2, 0.25) is 0 Å². The Kier molecular flexibility index (Phi) is 6.92. The number of carbonyl (C=O) groups excluding carboxylic acids is 2. The molecule has 1 rings (SSSR count). The van der Waals surface area contributed by atoms with Crippen LogP contribution < -0.4 is 11.1 Å². The summed E-state index contributed by atoms with van der Waals surface area (Å²) in [6, 6.07) is -1.73. The number of amides is 2. The van der Waals surface area contributed by atoms with Crippen LogP contribution in [-0.4, -0.2) is 88.4 Å². The van der Waals surface area contributed by atoms with Gasteiger partial charge in [0, 0.05) is 6.21 Å². The Hall–Kier alpha value is -2.01. The van der Waals surface area contributed by atoms with E-state index in [1.807, 2.05) is 0 Å². The normalized spacial score (nSPS) is 14.9. The van der Waals surface area contributed by atoms with Crippen molar-refractivity contribution in [3.05, 3.63) is 11.4 Å². The number of aliphatic hydroxyl groups excluding tert-OH is 4. The van der Waals surface area contributed by atoms with Gasteiger partial charge in [-0.1, -0.05) is 0 Å². The maximum Gasteiger partial charge on any atom is 0.272 e. The molecule has 10 heteroatoms. The van der Waals surface area contributed by atoms with Crippen molar-refractivity contribution >= 4 is 18.0 Å². The number of hydrogen-bond donors (Lipinski definition) is 6. The van der Waals surface area contributed by atoms with Crippen molar-refractivity contribution < 1.29 is 30.0 Å². The van der Waals surface area contributed by atoms with Gasteiger partial charge in [-0.05, 0) is 0 Å². The van der Waals surface area contributed by atoms with Crippen LogP contribution in [0, 0.1) is 0 Å². The van der Waals surface area contributed by atoms with Gasteiger partial charge in [-0.15, -0.1) is 0 Å². The van der Waals surface area contributed by atoms with E-state index in [0.717, 1.165) is 0 Å². The standard InChI is InChI=1S/C12H20N4O6/c13-11(21)10-9(12(22)15-7(3-17)4-18)14-1-2-16(10)8(5-19)6-20/h1,7-8,17-20H,2-6H2,(H2,13,21)(H,15,22). The van der Waals surface area contributed by atoms with Crippen LogP contribution in [0.2, 0.25) is 0 Å². The molecule has 1 aliphatic rings. The lowest BCUT2D eigenvalue weighted by Gasteiger charge is -2.33. The summed E-state index contributed by atoms with van der Waals surface area (Å²) in [5.74, 6) is -1.75. The third-order valence-electron chi connectivity index (χ3n) is 3.10. The fourth-order valence-corrected chi connectivity index (χ4v) is 1.92. The first kappa shape index (κ1) is 18.0. The Morgan fingerprint density at radius 1 is 1.23 bits per heavy atom. The second-order valence-corrected chi connectivity index (χ2v) is 4.58. The Balaban J connectivity index is 3.14. The number of carbonyl (C=O) groups is 2. The third kappa shape index (κ3) is 4.01. The zero-order valence-electron chi connectivity index (χ0n) is 11.8. The van der Waals surface area contributed by atoms with Gasteiger partial charge in [0.15, 0.2) is 5.70 Å². The van der Waals surface area contributed by atoms with E-state index in [-0.39, 0.29) is 17.9 Å². The summed E-state index contributed by atoms with van der Waals surface area (Å²) in [6.45, 7) is -1.81. The molecule has 0 aromatic carbocycles. The molecule has 0 aromatic heterocycles. The van der Waals surface area contributed by atoms with E-state index in [1.54, 1.807) is 0 Å². The Bertz CT molecular complexity index is 470. The first-order chi connectivity index (χ1) is 10.5. The van der Waals surface area contributed by atoms with Gasteiger partial charge in [-0.25, -0.2) is 0 Å². The molecule has 0 aromatic rings. The van der Waals surface area contributed by atoms with Crippen molar-refractivity contribution in [2.45, 2.75) is 12.1 Å². The average molecular weight is 316 g/mol. The maximum atomic E-state index is 12.1. The molecule has 0 aliphatic carbocycles. The minimum absolute atomic E-state index is 0.0876. The molecule has 22 heavy (non-hydrogen) atoms. The molecule has 2 amide bonds. The highest BCUT2D eigenvalue weighted by Crippen LogP contribution is 2.18. The quantitative estimate of drug-likeness (QED) is 0.264. The summed E-state index contributed by atoms with van der Waals surface area (Å²) < 4.78 is 0. The molecule has 0 unspecified atom stereocenters. The Morgan fingerprint density at radius 2 is 1.82 bits per heavy atom. The van der Waals surface area contributed by atoms with Gasteiger partial charge in [-0.2, -0.15) is 0 Å². The summed E-state index contributed by atoms with van der Waals surface area (Å²) in [5, 5.41) is 38.7. The lowest BCUT2D eigenvalue weighted by Crippen LogP contribution is -2.48. The summed E-state index contributed by atoms with van der Waals surface area (Å²) in [4.78, 5) is 28.9. The zero-order valence-corrected chi connectivity index (χ0v) is 11.8. The van der Waals surface area contributed by atoms with E-state index in [0.29, 0.717) is 0 Å². The van der Waals surface area contributed by atoms with E-state index in [9.17, 15) is 19.8 Å². The van der Waals surface area contributed by atoms with Crippen LogP contribution in [0.1, 0.15) is 0 Å². The zero-order chi connectivity index (χ0) is 16.7. The van der Waals surface area contributed by atoms with Crippen molar-refractivity contribution in [3.8, 4) is 0 Å². The number of hydrogen-bond acceptors (Lipinski definition) is 8. The van der Waals surface area contributed by atoms with Crippen LogP contribution >= 0.6 is 0 Å². The minimum Gasteiger partial charge on any atom is -0.394 e. The van der Waals surface area contributed by atoms with Gasteiger partial charge < -0.3 is 36.4 Å². The SMILES string of the molecule is NC(=O)C1=C(C(=O)NC(CO)CO)N=CCN1C(CO)CO. The van der Waals surface area contributed by atoms with Crippen LogP contribution in [-0.2, 0) is 9.59 Å². The van der Waals surface area contributed by atoms with E-state index in [4.69, 9.17) is 15.9 Å². The Labute approximate surface area is 126 Å². The van der Waals surface area contributed by atoms with Crippen molar-refractivity contribution in [3.63, 3.8) is 0 Å². The highest BCUT2D eigenvalue weighted by molar-refractivity contribution is 6.05. The van der Waals surface area contributed by atoms with Gasteiger partial charge in [0.25, 0.3) is 11.8 Å². The molecule has 10 nitrogen and oxygen atoms in total. The first-order valence-electron chi connectivity index (χ1n) is 6.57. The highest BCUT2D eigenvalue weighted by Gasteiger charge is 2.31. The first-order valence-corrected chi connectivity index (χ1v) is 6.57. The number of nitrogens with two attached hydrogens (primary N) is 1. The molecule has 1 aliphatic heterocycles. The monoisotopic (exact) mass is 316 g/mol. The molecule has 0 saturated carbocycles. The molecule has 0 radical (unpaired) electrons. The van der Waals surface area contributed by atoms with Crippen LogP contribution in [0.25, 0.3) is 0 Å². The smallest absolute Gasteiger partial charge is 0.272 e. The van der Waals surface area contributed by atoms with Crippen LogP contribution in [0.15, 0.2) is 16.4 Å². The summed E-state index contributed by atoms with van der Waals surface area (Å²) in [6.07, 6.45) is 1.33. The van der Waals surface area contributed by atoms with Gasteiger partial charge in [-0.3, -0.25) is 14.6 Å². The number of primary amides is 1. The number of nitrogens with zero attached hydrogens (tertiary/aromatic N) is 2. The van der Waals surface area contributed by atoms with Gasteiger partial charge >= 0.3 is 0 Å². The van der Waals surface area contributed by atoms with Crippen LogP contribution in [0.4, 0.5) is 0 Å². The molecule has 0 bridgehead atoms. The summed E-state index contributed by atoms with van der Waals surface area (Å²) in [5.41, 5.74) is 4.72. The van der Waals surface area contributed by atoms with Crippen molar-refractivity contribution in [2.75, 3.05) is 33.0 Å². The predicted octanol–water partition coefficient (Wildman–Crippen LogP) is -4.11. The second-order valence-electron chi connectivity index (χ2n) is 4.58. The van der Waals surface area contributed by atoms with Crippen LogP contribution in [0.3, 0.4) is 0 Å². The molecule has 0 fully saturated rings. The van der Waals surface area contributed by atoms with E-state index >= 15 is 0 Å². The third-order valence-corrected chi connectivity index (χ3v) is 3.10. The van der Waals surface area contributed by atoms with E-state index in [1.165, 1.54) is 11.1 Å². The lowest BCUT2D eigenvalue weighted by atomic mass is 10.1. The number of aliphatic imine (C=N–C) groups is 1. The number of nitrogens with one attached hydrogen (secondary N) is 1. The highest BCUT2D eigenvalue weighted by atomic mass is 16.3. The topological polar surface area (TPSA) is 169 Å². The summed E-state index contributed by atoms with van der Waals surface area (Å²) in [7, 11) is 0. The molecule has 0 saturated heterocycles. The molecule has 7 N–H and O–H groups in total. The largest absolute Gasteiger partial charge is 0.394 e. The average Bonchev–Trinajstić information content (AvgIpc) is 2.53. The van der Waals surface area contributed by atoms with Crippen molar-refractivity contribution in [1.82, 2.24) is 10.2 Å². The van der Waals surface area contributed by atoms with Crippen LogP contribution in [0.5, 0.6) is 0 Å². The fourth-order valence-electron chi connectivity index (χ4n) is 1.92. The number of rotatable bonds is 8. The fraction of sp³-hybridized carbons (Fsp3) is 0.583. The molecule has 1 heterocycles. The lowest BCUT2D eigenvalue weighted by molar-refractivity contribution is -0.121. The molecule has 0 atom stereocenters. The second kappa shape index (κ2) is 8.44.